The first-order valence-corrected chi connectivity index (χ1v) is 8.27. The highest BCUT2D eigenvalue weighted by atomic mass is 127. The standard InChI is InChI=1S/C14H22N6OS.HI/c1-4-11-8-17-13(22-11)9-18-14(15-5-2)16-7-6-12-19-10(3)20-21-12;/h8H,4-7,9H2,1-3H3,(H2,15,16,18);1H. The molecule has 0 aromatic carbocycles. The number of thiazole rings is 1. The number of nitrogens with zero attached hydrogens (tertiary/aromatic N) is 4. The van der Waals surface area contributed by atoms with Crippen molar-refractivity contribution in [3.05, 3.63) is 27.8 Å². The summed E-state index contributed by atoms with van der Waals surface area (Å²) in [5.74, 6) is 2.06. The van der Waals surface area contributed by atoms with Gasteiger partial charge in [0.15, 0.2) is 11.8 Å². The van der Waals surface area contributed by atoms with Gasteiger partial charge in [0.2, 0.25) is 5.89 Å². The zero-order chi connectivity index (χ0) is 15.8. The molecule has 9 heteroatoms. The maximum Gasteiger partial charge on any atom is 0.228 e. The van der Waals surface area contributed by atoms with Crippen LogP contribution in [-0.4, -0.2) is 34.2 Å². The van der Waals surface area contributed by atoms with Crippen molar-refractivity contribution in [2.75, 3.05) is 13.1 Å². The fourth-order valence-corrected chi connectivity index (χ4v) is 2.59. The number of hydrogen-bond acceptors (Lipinski definition) is 6. The van der Waals surface area contributed by atoms with Crippen LogP contribution in [0.5, 0.6) is 0 Å². The van der Waals surface area contributed by atoms with E-state index in [1.54, 1.807) is 11.3 Å². The topological polar surface area (TPSA) is 88.2 Å². The van der Waals surface area contributed by atoms with E-state index in [4.69, 9.17) is 4.52 Å². The number of rotatable bonds is 7. The smallest absolute Gasteiger partial charge is 0.228 e. The summed E-state index contributed by atoms with van der Waals surface area (Å²) in [4.78, 5) is 14.4. The van der Waals surface area contributed by atoms with Crippen LogP contribution >= 0.6 is 35.3 Å². The molecule has 2 heterocycles. The van der Waals surface area contributed by atoms with Crippen LogP contribution in [0.2, 0.25) is 0 Å². The number of nitrogens with one attached hydrogen (secondary N) is 2. The number of aromatic nitrogens is 3. The molecule has 2 rings (SSSR count). The van der Waals surface area contributed by atoms with Crippen LogP contribution in [0.3, 0.4) is 0 Å². The van der Waals surface area contributed by atoms with Gasteiger partial charge in [0, 0.05) is 30.6 Å². The largest absolute Gasteiger partial charge is 0.357 e. The van der Waals surface area contributed by atoms with Gasteiger partial charge in [-0.2, -0.15) is 4.98 Å². The van der Waals surface area contributed by atoms with Gasteiger partial charge in [0.25, 0.3) is 0 Å². The van der Waals surface area contributed by atoms with E-state index in [0.717, 1.165) is 23.9 Å². The summed E-state index contributed by atoms with van der Waals surface area (Å²) in [7, 11) is 0. The highest BCUT2D eigenvalue weighted by Crippen LogP contribution is 2.13. The van der Waals surface area contributed by atoms with Crippen LogP contribution in [0.25, 0.3) is 0 Å². The molecule has 0 saturated carbocycles. The summed E-state index contributed by atoms with van der Waals surface area (Å²) in [5, 5.41) is 11.3. The second-order valence-electron chi connectivity index (χ2n) is 4.68. The molecule has 0 aliphatic heterocycles. The van der Waals surface area contributed by atoms with Crippen LogP contribution in [-0.2, 0) is 19.4 Å². The molecule has 2 N–H and O–H groups in total. The molecular formula is C14H23IN6OS. The van der Waals surface area contributed by atoms with Crippen LogP contribution in [0.15, 0.2) is 15.7 Å². The third kappa shape index (κ3) is 6.81. The number of aryl methyl sites for hydroxylation is 2. The van der Waals surface area contributed by atoms with Crippen molar-refractivity contribution in [2.24, 2.45) is 4.99 Å². The van der Waals surface area contributed by atoms with Crippen LogP contribution in [0.4, 0.5) is 0 Å². The van der Waals surface area contributed by atoms with Gasteiger partial charge in [-0.05, 0) is 20.3 Å². The maximum atomic E-state index is 5.08. The third-order valence-corrected chi connectivity index (χ3v) is 3.99. The maximum absolute atomic E-state index is 5.08. The number of aliphatic imine (C=N–C) groups is 1. The molecule has 128 valence electrons. The Bertz CT molecular complexity index is 612. The fourth-order valence-electron chi connectivity index (χ4n) is 1.80. The van der Waals surface area contributed by atoms with E-state index in [0.29, 0.717) is 31.2 Å². The number of halogens is 1. The predicted molar refractivity (Wildman–Crippen MR) is 102 cm³/mol. The molecule has 0 radical (unpaired) electrons. The Morgan fingerprint density at radius 2 is 2.17 bits per heavy atom. The minimum absolute atomic E-state index is 0. The summed E-state index contributed by atoms with van der Waals surface area (Å²) < 4.78 is 5.08. The van der Waals surface area contributed by atoms with Gasteiger partial charge in [-0.25, -0.2) is 9.98 Å². The lowest BCUT2D eigenvalue weighted by molar-refractivity contribution is 0.374. The monoisotopic (exact) mass is 450 g/mol. The lowest BCUT2D eigenvalue weighted by Crippen LogP contribution is -2.38. The first-order valence-electron chi connectivity index (χ1n) is 7.46. The molecule has 0 unspecified atom stereocenters. The highest BCUT2D eigenvalue weighted by Gasteiger charge is 2.04. The molecule has 2 aromatic rings. The van der Waals surface area contributed by atoms with E-state index in [2.05, 4.69) is 37.7 Å². The van der Waals surface area contributed by atoms with Crippen molar-refractivity contribution in [3.8, 4) is 0 Å². The minimum Gasteiger partial charge on any atom is -0.357 e. The molecule has 0 saturated heterocycles. The molecule has 0 atom stereocenters. The zero-order valence-electron chi connectivity index (χ0n) is 13.6. The first kappa shape index (κ1) is 19.8. The van der Waals surface area contributed by atoms with E-state index in [9.17, 15) is 0 Å². The Labute approximate surface area is 157 Å². The summed E-state index contributed by atoms with van der Waals surface area (Å²) in [6.45, 7) is 8.06. The average molecular weight is 450 g/mol. The Hall–Kier alpha value is -1.23. The average Bonchev–Trinajstić information content (AvgIpc) is 3.13. The molecule has 0 amide bonds. The Morgan fingerprint density at radius 1 is 1.35 bits per heavy atom. The molecule has 0 aliphatic carbocycles. The van der Waals surface area contributed by atoms with Crippen molar-refractivity contribution < 1.29 is 4.52 Å². The minimum atomic E-state index is 0. The van der Waals surface area contributed by atoms with Crippen LogP contribution in [0.1, 0.15) is 35.4 Å². The van der Waals surface area contributed by atoms with Crippen molar-refractivity contribution in [3.63, 3.8) is 0 Å². The molecule has 0 spiro atoms. The van der Waals surface area contributed by atoms with Gasteiger partial charge in [0.1, 0.15) is 5.01 Å². The molecule has 2 aromatic heterocycles. The second-order valence-corrected chi connectivity index (χ2v) is 5.88. The summed E-state index contributed by atoms with van der Waals surface area (Å²) in [6, 6.07) is 0. The molecule has 0 bridgehead atoms. The van der Waals surface area contributed by atoms with Gasteiger partial charge >= 0.3 is 0 Å². The summed E-state index contributed by atoms with van der Waals surface area (Å²) in [6.07, 6.45) is 3.61. The van der Waals surface area contributed by atoms with E-state index in [1.165, 1.54) is 4.88 Å². The quantitative estimate of drug-likeness (QED) is 0.383. The van der Waals surface area contributed by atoms with Gasteiger partial charge < -0.3 is 15.2 Å². The lowest BCUT2D eigenvalue weighted by atomic mass is 10.4. The fraction of sp³-hybridized carbons (Fsp3) is 0.571. The SMILES string of the molecule is CCNC(=NCc1ncc(CC)s1)NCCc1nc(C)no1.I. The summed E-state index contributed by atoms with van der Waals surface area (Å²) >= 11 is 1.71. The Balaban J connectivity index is 0.00000264. The number of guanidine groups is 1. The first-order chi connectivity index (χ1) is 10.7. The van der Waals surface area contributed by atoms with E-state index < -0.39 is 0 Å². The van der Waals surface area contributed by atoms with E-state index >= 15 is 0 Å². The van der Waals surface area contributed by atoms with Crippen molar-refractivity contribution in [2.45, 2.75) is 40.2 Å². The molecular weight excluding hydrogens is 427 g/mol. The molecule has 0 fully saturated rings. The Morgan fingerprint density at radius 3 is 2.78 bits per heavy atom. The zero-order valence-corrected chi connectivity index (χ0v) is 16.8. The molecule has 23 heavy (non-hydrogen) atoms. The van der Waals surface area contributed by atoms with Gasteiger partial charge in [0.05, 0.1) is 6.54 Å². The van der Waals surface area contributed by atoms with Crippen LogP contribution in [0, 0.1) is 6.92 Å². The Kier molecular flexibility index (Phi) is 9.07. The van der Waals surface area contributed by atoms with Gasteiger partial charge in [-0.1, -0.05) is 12.1 Å². The van der Waals surface area contributed by atoms with Gasteiger partial charge in [-0.15, -0.1) is 35.3 Å². The van der Waals surface area contributed by atoms with Gasteiger partial charge in [-0.3, -0.25) is 0 Å². The van der Waals surface area contributed by atoms with Crippen molar-refractivity contribution in [1.82, 2.24) is 25.8 Å². The predicted octanol–water partition coefficient (Wildman–Crippen LogP) is 2.31. The van der Waals surface area contributed by atoms with E-state index in [1.807, 2.05) is 20.0 Å². The lowest BCUT2D eigenvalue weighted by Gasteiger charge is -2.09. The highest BCUT2D eigenvalue weighted by molar-refractivity contribution is 14.0. The van der Waals surface area contributed by atoms with Crippen LogP contribution < -0.4 is 10.6 Å². The van der Waals surface area contributed by atoms with Crippen molar-refractivity contribution in [1.29, 1.82) is 0 Å². The third-order valence-electron chi connectivity index (χ3n) is 2.87. The molecule has 7 nitrogen and oxygen atoms in total. The van der Waals surface area contributed by atoms with Crippen molar-refractivity contribution >= 4 is 41.3 Å². The normalized spacial score (nSPS) is 11.2. The second kappa shape index (κ2) is 10.5. The van der Waals surface area contributed by atoms with E-state index in [-0.39, 0.29) is 24.0 Å². The number of hydrogen-bond donors (Lipinski definition) is 2. The molecule has 0 aliphatic rings. The summed E-state index contributed by atoms with van der Waals surface area (Å²) in [5.41, 5.74) is 0.